The fourth-order valence-corrected chi connectivity index (χ4v) is 2.45. The molecule has 0 fully saturated rings. The second-order valence-electron chi connectivity index (χ2n) is 5.23. The van der Waals surface area contributed by atoms with E-state index in [4.69, 9.17) is 9.15 Å². The van der Waals surface area contributed by atoms with Crippen LogP contribution in [0.4, 0.5) is 0 Å². The molecular weight excluding hydrogens is 330 g/mol. The number of hydrogen-bond acceptors (Lipinski definition) is 3. The third kappa shape index (κ3) is 4.11. The van der Waals surface area contributed by atoms with Crippen molar-refractivity contribution in [1.82, 2.24) is 5.32 Å². The number of benzene rings is 1. The first-order valence-electron chi connectivity index (χ1n) is 7.19. The molecule has 4 heteroatoms. The van der Waals surface area contributed by atoms with Crippen LogP contribution >= 0.6 is 15.9 Å². The van der Waals surface area contributed by atoms with E-state index in [1.807, 2.05) is 19.1 Å². The maximum Gasteiger partial charge on any atom is 0.120 e. The van der Waals surface area contributed by atoms with Crippen LogP contribution in [0.5, 0.6) is 5.75 Å². The van der Waals surface area contributed by atoms with Crippen molar-refractivity contribution in [1.29, 1.82) is 0 Å². The van der Waals surface area contributed by atoms with Gasteiger partial charge in [-0.05, 0) is 56.6 Å². The van der Waals surface area contributed by atoms with Crippen LogP contribution in [0.15, 0.2) is 27.1 Å². The lowest BCUT2D eigenvalue weighted by Crippen LogP contribution is -2.10. The summed E-state index contributed by atoms with van der Waals surface area (Å²) in [6.45, 7) is 10.4. The minimum Gasteiger partial charge on any atom is -0.489 e. The molecule has 0 amide bonds. The molecule has 0 bridgehead atoms. The third-order valence-corrected chi connectivity index (χ3v) is 4.68. The van der Waals surface area contributed by atoms with E-state index >= 15 is 0 Å². The highest BCUT2D eigenvalue weighted by molar-refractivity contribution is 9.10. The van der Waals surface area contributed by atoms with Gasteiger partial charge in [0.15, 0.2) is 0 Å². The van der Waals surface area contributed by atoms with Crippen LogP contribution < -0.4 is 10.1 Å². The minimum absolute atomic E-state index is 0.530. The number of nitrogens with one attached hydrogen (secondary N) is 1. The SMILES string of the molecule is CCNCc1cc(COc2cc(C)c(Br)c(C)c2)c(C)o1. The molecule has 2 aromatic rings. The van der Waals surface area contributed by atoms with Crippen LogP contribution in [-0.2, 0) is 13.2 Å². The van der Waals surface area contributed by atoms with Crippen LogP contribution in [0.3, 0.4) is 0 Å². The lowest BCUT2D eigenvalue weighted by molar-refractivity contribution is 0.302. The maximum atomic E-state index is 5.91. The van der Waals surface area contributed by atoms with Crippen molar-refractivity contribution in [2.75, 3.05) is 6.54 Å². The van der Waals surface area contributed by atoms with E-state index in [1.54, 1.807) is 0 Å². The Morgan fingerprint density at radius 1 is 1.14 bits per heavy atom. The number of rotatable bonds is 6. The molecule has 0 aliphatic carbocycles. The fraction of sp³-hybridized carbons (Fsp3) is 0.412. The fourth-order valence-electron chi connectivity index (χ4n) is 2.22. The highest BCUT2D eigenvalue weighted by Gasteiger charge is 2.09. The summed E-state index contributed by atoms with van der Waals surface area (Å²) in [6, 6.07) is 6.16. The van der Waals surface area contributed by atoms with Crippen molar-refractivity contribution in [3.63, 3.8) is 0 Å². The molecule has 0 unspecified atom stereocenters. The maximum absolute atomic E-state index is 5.91. The Bertz CT molecular complexity index is 596. The molecule has 3 nitrogen and oxygen atoms in total. The van der Waals surface area contributed by atoms with E-state index in [0.29, 0.717) is 6.61 Å². The van der Waals surface area contributed by atoms with Gasteiger partial charge in [-0.25, -0.2) is 0 Å². The van der Waals surface area contributed by atoms with E-state index in [1.165, 1.54) is 11.1 Å². The second kappa shape index (κ2) is 7.14. The molecule has 0 aliphatic rings. The van der Waals surface area contributed by atoms with Crippen LogP contribution in [-0.4, -0.2) is 6.54 Å². The van der Waals surface area contributed by atoms with Gasteiger partial charge in [0.2, 0.25) is 0 Å². The van der Waals surface area contributed by atoms with Gasteiger partial charge in [0.1, 0.15) is 23.9 Å². The first kappa shape index (κ1) is 16.1. The smallest absolute Gasteiger partial charge is 0.120 e. The molecule has 0 atom stereocenters. The normalized spacial score (nSPS) is 10.9. The van der Waals surface area contributed by atoms with E-state index < -0.39 is 0 Å². The summed E-state index contributed by atoms with van der Waals surface area (Å²) in [7, 11) is 0. The molecule has 0 spiro atoms. The molecule has 0 aliphatic heterocycles. The van der Waals surface area contributed by atoms with Gasteiger partial charge in [-0.2, -0.15) is 0 Å². The quantitative estimate of drug-likeness (QED) is 0.821. The Labute approximate surface area is 134 Å². The molecule has 0 radical (unpaired) electrons. The molecule has 0 saturated heterocycles. The topological polar surface area (TPSA) is 34.4 Å². The standard InChI is InChI=1S/C17H22BrNO2/c1-5-19-9-16-8-14(13(4)21-16)10-20-15-6-11(2)17(18)12(3)7-15/h6-8,19H,5,9-10H2,1-4H3. The lowest BCUT2D eigenvalue weighted by Gasteiger charge is -2.09. The summed E-state index contributed by atoms with van der Waals surface area (Å²) < 4.78 is 12.8. The van der Waals surface area contributed by atoms with Crippen molar-refractivity contribution < 1.29 is 9.15 Å². The minimum atomic E-state index is 0.530. The van der Waals surface area contributed by atoms with Crippen molar-refractivity contribution in [3.8, 4) is 5.75 Å². The molecule has 0 saturated carbocycles. The van der Waals surface area contributed by atoms with Gasteiger partial charge >= 0.3 is 0 Å². The van der Waals surface area contributed by atoms with Gasteiger partial charge in [0.05, 0.1) is 6.54 Å². The van der Waals surface area contributed by atoms with Crippen LogP contribution in [0.1, 0.15) is 35.1 Å². The largest absolute Gasteiger partial charge is 0.489 e. The average Bonchev–Trinajstić information content (AvgIpc) is 2.80. The molecule has 21 heavy (non-hydrogen) atoms. The average molecular weight is 352 g/mol. The summed E-state index contributed by atoms with van der Waals surface area (Å²) in [5, 5.41) is 3.26. The van der Waals surface area contributed by atoms with Crippen molar-refractivity contribution in [2.24, 2.45) is 0 Å². The monoisotopic (exact) mass is 351 g/mol. The van der Waals surface area contributed by atoms with Crippen LogP contribution in [0.2, 0.25) is 0 Å². The van der Waals surface area contributed by atoms with Gasteiger partial charge in [0, 0.05) is 10.0 Å². The third-order valence-electron chi connectivity index (χ3n) is 3.43. The zero-order chi connectivity index (χ0) is 15.4. The molecule has 2 rings (SSSR count). The highest BCUT2D eigenvalue weighted by atomic mass is 79.9. The van der Waals surface area contributed by atoms with Gasteiger partial charge < -0.3 is 14.5 Å². The van der Waals surface area contributed by atoms with E-state index in [-0.39, 0.29) is 0 Å². The predicted molar refractivity (Wildman–Crippen MR) is 88.8 cm³/mol. The highest BCUT2D eigenvalue weighted by Crippen LogP contribution is 2.27. The molecule has 114 valence electrons. The van der Waals surface area contributed by atoms with Crippen molar-refractivity contribution in [2.45, 2.75) is 40.8 Å². The number of hydrogen-bond donors (Lipinski definition) is 1. The Morgan fingerprint density at radius 3 is 2.43 bits per heavy atom. The number of aryl methyl sites for hydroxylation is 3. The number of ether oxygens (including phenoxy) is 1. The second-order valence-corrected chi connectivity index (χ2v) is 6.03. The zero-order valence-electron chi connectivity index (χ0n) is 13.0. The Hall–Kier alpha value is -1.26. The van der Waals surface area contributed by atoms with Gasteiger partial charge in [-0.3, -0.25) is 0 Å². The van der Waals surface area contributed by atoms with Gasteiger partial charge in [-0.15, -0.1) is 0 Å². The Morgan fingerprint density at radius 2 is 1.81 bits per heavy atom. The summed E-state index contributed by atoms with van der Waals surface area (Å²) >= 11 is 3.57. The zero-order valence-corrected chi connectivity index (χ0v) is 14.6. The van der Waals surface area contributed by atoms with Gasteiger partial charge in [-0.1, -0.05) is 22.9 Å². The van der Waals surface area contributed by atoms with Crippen molar-refractivity contribution in [3.05, 3.63) is 50.9 Å². The number of halogens is 1. The predicted octanol–water partition coefficient (Wildman–Crippen LogP) is 4.66. The first-order chi connectivity index (χ1) is 10.0. The Balaban J connectivity index is 2.04. The molecule has 1 N–H and O–H groups in total. The van der Waals surface area contributed by atoms with E-state index in [2.05, 4.69) is 48.1 Å². The first-order valence-corrected chi connectivity index (χ1v) is 7.99. The van der Waals surface area contributed by atoms with Crippen molar-refractivity contribution >= 4 is 15.9 Å². The van der Waals surface area contributed by atoms with Crippen LogP contribution in [0, 0.1) is 20.8 Å². The molecule has 1 aromatic heterocycles. The summed E-state index contributed by atoms with van der Waals surface area (Å²) in [5.74, 6) is 2.77. The number of furan rings is 1. The molecular formula is C17H22BrNO2. The summed E-state index contributed by atoms with van der Waals surface area (Å²) in [4.78, 5) is 0. The summed E-state index contributed by atoms with van der Waals surface area (Å²) in [6.07, 6.45) is 0. The van der Waals surface area contributed by atoms with E-state index in [0.717, 1.165) is 40.4 Å². The van der Waals surface area contributed by atoms with Crippen LogP contribution in [0.25, 0.3) is 0 Å². The molecule has 1 aromatic carbocycles. The van der Waals surface area contributed by atoms with E-state index in [9.17, 15) is 0 Å². The lowest BCUT2D eigenvalue weighted by atomic mass is 10.1. The van der Waals surface area contributed by atoms with Gasteiger partial charge in [0.25, 0.3) is 0 Å². The summed E-state index contributed by atoms with van der Waals surface area (Å²) in [5.41, 5.74) is 3.46. The Kier molecular flexibility index (Phi) is 5.48. The molecule has 1 heterocycles.